The Hall–Kier alpha value is -0.940. The monoisotopic (exact) mass is 229 g/mol. The molecule has 0 atom stereocenters. The van der Waals surface area contributed by atoms with Gasteiger partial charge in [-0.3, -0.25) is 0 Å². The minimum atomic E-state index is -0.301. The number of hydrogen-bond donors (Lipinski definition) is 1. The lowest BCUT2D eigenvalue weighted by Crippen LogP contribution is -2.30. The van der Waals surface area contributed by atoms with Gasteiger partial charge in [-0.05, 0) is 6.07 Å². The summed E-state index contributed by atoms with van der Waals surface area (Å²) in [6.07, 6.45) is 0. The van der Waals surface area contributed by atoms with Crippen LogP contribution in [0.4, 0.5) is 10.1 Å². The summed E-state index contributed by atoms with van der Waals surface area (Å²) < 4.78 is 23.6. The third kappa shape index (κ3) is 2.18. The molecular weight excluding hydrogens is 217 g/mol. The summed E-state index contributed by atoms with van der Waals surface area (Å²) in [5, 5.41) is 0.341. The molecule has 2 rings (SSSR count). The lowest BCUT2D eigenvalue weighted by atomic mass is 10.3. The third-order valence-corrected chi connectivity index (χ3v) is 3.36. The van der Waals surface area contributed by atoms with Crippen molar-refractivity contribution in [3.8, 4) is 5.75 Å². The topological polar surface area (TPSA) is 44.5 Å². The van der Waals surface area contributed by atoms with Gasteiger partial charge >= 0.3 is 0 Å². The van der Waals surface area contributed by atoms with Crippen LogP contribution in [-0.4, -0.2) is 25.6 Å². The number of thioether (sulfide) groups is 1. The lowest BCUT2D eigenvalue weighted by molar-refractivity contribution is 0.0455. The van der Waals surface area contributed by atoms with E-state index in [1.54, 1.807) is 6.07 Å². The summed E-state index contributed by atoms with van der Waals surface area (Å²) in [7, 11) is 1.52. The normalized spacial score (nSPS) is 16.1. The van der Waals surface area contributed by atoms with Crippen molar-refractivity contribution in [1.82, 2.24) is 0 Å². The maximum atomic E-state index is 13.5. The van der Waals surface area contributed by atoms with E-state index in [0.29, 0.717) is 34.8 Å². The van der Waals surface area contributed by atoms with Crippen LogP contribution in [0.2, 0.25) is 0 Å². The van der Waals surface area contributed by atoms with Gasteiger partial charge < -0.3 is 15.2 Å². The van der Waals surface area contributed by atoms with E-state index in [2.05, 4.69) is 0 Å². The van der Waals surface area contributed by atoms with Gasteiger partial charge in [0.25, 0.3) is 0 Å². The molecule has 3 nitrogen and oxygen atoms in total. The van der Waals surface area contributed by atoms with Crippen LogP contribution in [0.15, 0.2) is 17.0 Å². The number of hydrogen-bond acceptors (Lipinski definition) is 4. The fourth-order valence-corrected chi connectivity index (χ4v) is 2.31. The van der Waals surface area contributed by atoms with Crippen LogP contribution < -0.4 is 10.5 Å². The summed E-state index contributed by atoms with van der Waals surface area (Å²) in [4.78, 5) is 0.564. The molecule has 1 aromatic carbocycles. The Labute approximate surface area is 91.7 Å². The summed E-state index contributed by atoms with van der Waals surface area (Å²) in [5.41, 5.74) is 5.90. The van der Waals surface area contributed by atoms with Crippen LogP contribution in [0.5, 0.6) is 5.75 Å². The summed E-state index contributed by atoms with van der Waals surface area (Å²) in [5.74, 6) is 0.212. The number of benzene rings is 1. The van der Waals surface area contributed by atoms with Crippen LogP contribution in [-0.2, 0) is 4.74 Å². The van der Waals surface area contributed by atoms with Gasteiger partial charge in [-0.1, -0.05) is 0 Å². The maximum absolute atomic E-state index is 13.5. The molecule has 15 heavy (non-hydrogen) atoms. The number of anilines is 1. The van der Waals surface area contributed by atoms with Crippen LogP contribution >= 0.6 is 11.8 Å². The first kappa shape index (κ1) is 10.6. The van der Waals surface area contributed by atoms with Gasteiger partial charge in [0.2, 0.25) is 0 Å². The Bertz CT molecular complexity index is 369. The zero-order chi connectivity index (χ0) is 10.8. The molecule has 1 heterocycles. The second-order valence-corrected chi connectivity index (χ2v) is 4.64. The molecule has 0 aromatic heterocycles. The molecule has 1 aromatic rings. The molecule has 1 aliphatic heterocycles. The van der Waals surface area contributed by atoms with Gasteiger partial charge in [0.05, 0.1) is 31.3 Å². The van der Waals surface area contributed by atoms with Gasteiger partial charge in [-0.25, -0.2) is 4.39 Å². The van der Waals surface area contributed by atoms with E-state index < -0.39 is 0 Å². The van der Waals surface area contributed by atoms with Crippen molar-refractivity contribution >= 4 is 17.4 Å². The van der Waals surface area contributed by atoms with Gasteiger partial charge in [0, 0.05) is 11.0 Å². The van der Waals surface area contributed by atoms with Crippen molar-refractivity contribution < 1.29 is 13.9 Å². The Morgan fingerprint density at radius 3 is 2.80 bits per heavy atom. The summed E-state index contributed by atoms with van der Waals surface area (Å²) in [6.45, 7) is 1.35. The lowest BCUT2D eigenvalue weighted by Gasteiger charge is -2.25. The highest BCUT2D eigenvalue weighted by Gasteiger charge is 2.21. The van der Waals surface area contributed by atoms with Gasteiger partial charge in [-0.2, -0.15) is 0 Å². The SMILES string of the molecule is COc1cc(SC2COC2)c(F)cc1N. The van der Waals surface area contributed by atoms with E-state index in [4.69, 9.17) is 15.2 Å². The molecule has 1 aliphatic rings. The molecule has 0 spiro atoms. The molecule has 82 valence electrons. The zero-order valence-corrected chi connectivity index (χ0v) is 9.14. The zero-order valence-electron chi connectivity index (χ0n) is 8.33. The molecule has 0 unspecified atom stereocenters. The van der Waals surface area contributed by atoms with Crippen molar-refractivity contribution in [1.29, 1.82) is 0 Å². The highest BCUT2D eigenvalue weighted by Crippen LogP contribution is 2.35. The molecule has 0 amide bonds. The Balaban J connectivity index is 2.21. The Morgan fingerprint density at radius 2 is 2.27 bits per heavy atom. The quantitative estimate of drug-likeness (QED) is 0.804. The molecular formula is C10H12FNO2S. The highest BCUT2D eigenvalue weighted by atomic mass is 32.2. The molecule has 2 N–H and O–H groups in total. The van der Waals surface area contributed by atoms with Crippen LogP contribution in [0, 0.1) is 5.82 Å². The molecule has 1 fully saturated rings. The van der Waals surface area contributed by atoms with E-state index in [0.717, 1.165) is 0 Å². The fraction of sp³-hybridized carbons (Fsp3) is 0.400. The van der Waals surface area contributed by atoms with Crippen molar-refractivity contribution in [2.45, 2.75) is 10.1 Å². The number of halogens is 1. The van der Waals surface area contributed by atoms with Crippen molar-refractivity contribution in [3.63, 3.8) is 0 Å². The second kappa shape index (κ2) is 4.28. The largest absolute Gasteiger partial charge is 0.495 e. The smallest absolute Gasteiger partial charge is 0.143 e. The van der Waals surface area contributed by atoms with E-state index in [1.165, 1.54) is 24.9 Å². The van der Waals surface area contributed by atoms with E-state index >= 15 is 0 Å². The molecule has 0 aliphatic carbocycles. The molecule has 0 saturated carbocycles. The number of methoxy groups -OCH3 is 1. The van der Waals surface area contributed by atoms with Crippen molar-refractivity contribution in [2.24, 2.45) is 0 Å². The third-order valence-electron chi connectivity index (χ3n) is 2.19. The van der Waals surface area contributed by atoms with Gasteiger partial charge in [0.15, 0.2) is 0 Å². The first-order chi connectivity index (χ1) is 7.20. The van der Waals surface area contributed by atoms with Crippen molar-refractivity contribution in [2.75, 3.05) is 26.1 Å². The Kier molecular flexibility index (Phi) is 3.02. The molecule has 5 heteroatoms. The van der Waals surface area contributed by atoms with Crippen LogP contribution in [0.1, 0.15) is 0 Å². The number of nitrogens with two attached hydrogens (primary N) is 1. The molecule has 1 saturated heterocycles. The Morgan fingerprint density at radius 1 is 1.53 bits per heavy atom. The average molecular weight is 229 g/mol. The molecule has 0 bridgehead atoms. The van der Waals surface area contributed by atoms with Crippen LogP contribution in [0.3, 0.4) is 0 Å². The minimum absolute atomic E-state index is 0.301. The first-order valence-electron chi connectivity index (χ1n) is 4.58. The molecule has 0 radical (unpaired) electrons. The summed E-state index contributed by atoms with van der Waals surface area (Å²) >= 11 is 1.46. The van der Waals surface area contributed by atoms with Gasteiger partial charge in [0.1, 0.15) is 11.6 Å². The second-order valence-electron chi connectivity index (χ2n) is 3.30. The minimum Gasteiger partial charge on any atom is -0.495 e. The number of ether oxygens (including phenoxy) is 2. The van der Waals surface area contributed by atoms with E-state index in [-0.39, 0.29) is 5.82 Å². The first-order valence-corrected chi connectivity index (χ1v) is 5.46. The van der Waals surface area contributed by atoms with Crippen LogP contribution in [0.25, 0.3) is 0 Å². The predicted octanol–water partition coefficient (Wildman–Crippen LogP) is 1.91. The van der Waals surface area contributed by atoms with Gasteiger partial charge in [-0.15, -0.1) is 11.8 Å². The number of nitrogen functional groups attached to an aromatic ring is 1. The standard InChI is InChI=1S/C10H12FNO2S/c1-13-9-3-10(7(11)2-8(9)12)15-6-4-14-5-6/h2-3,6H,4-5,12H2,1H3. The van der Waals surface area contributed by atoms with E-state index in [9.17, 15) is 4.39 Å². The average Bonchev–Trinajstić information content (AvgIpc) is 2.14. The predicted molar refractivity (Wildman–Crippen MR) is 57.8 cm³/mol. The van der Waals surface area contributed by atoms with E-state index in [1.807, 2.05) is 0 Å². The van der Waals surface area contributed by atoms with Crippen molar-refractivity contribution in [3.05, 3.63) is 17.9 Å². The summed E-state index contributed by atoms with van der Waals surface area (Å²) in [6, 6.07) is 2.92. The highest BCUT2D eigenvalue weighted by molar-refractivity contribution is 8.00. The maximum Gasteiger partial charge on any atom is 0.143 e. The number of rotatable bonds is 3. The fourth-order valence-electron chi connectivity index (χ4n) is 1.28.